The summed E-state index contributed by atoms with van der Waals surface area (Å²) in [5.41, 5.74) is 6.54. The van der Waals surface area contributed by atoms with E-state index in [2.05, 4.69) is 9.97 Å². The van der Waals surface area contributed by atoms with Crippen LogP contribution in [0.3, 0.4) is 0 Å². The minimum absolute atomic E-state index is 0.141. The Balaban J connectivity index is 1.99. The Morgan fingerprint density at radius 2 is 1.68 bits per heavy atom. The summed E-state index contributed by atoms with van der Waals surface area (Å²) < 4.78 is 18.2. The zero-order valence-electron chi connectivity index (χ0n) is 9.88. The molecule has 0 aliphatic carbocycles. The molecule has 94 valence electrons. The molecule has 0 aliphatic heterocycles. The molecule has 0 atom stereocenters. The van der Waals surface area contributed by atoms with E-state index >= 15 is 0 Å². The number of fused-ring (bicyclic) bond motifs is 1. The van der Waals surface area contributed by atoms with Gasteiger partial charge in [0, 0.05) is 5.39 Å². The van der Waals surface area contributed by atoms with Crippen molar-refractivity contribution in [3.05, 3.63) is 54.3 Å². The summed E-state index contributed by atoms with van der Waals surface area (Å²) in [4.78, 5) is 8.32. The van der Waals surface area contributed by atoms with Crippen LogP contribution in [-0.4, -0.2) is 9.97 Å². The molecule has 3 rings (SSSR count). The highest BCUT2D eigenvalue weighted by molar-refractivity contribution is 5.88. The van der Waals surface area contributed by atoms with E-state index in [-0.39, 0.29) is 11.8 Å². The smallest absolute Gasteiger partial charge is 0.324 e. The Kier molecular flexibility index (Phi) is 2.72. The van der Waals surface area contributed by atoms with Crippen LogP contribution in [0.5, 0.6) is 11.8 Å². The standard InChI is InChI=1S/C14H10FN3O/c15-9-5-7-10(8-6-9)19-14-17-12-4-2-1-3-11(12)13(16)18-14/h1-8H,(H2,16,17,18). The summed E-state index contributed by atoms with van der Waals surface area (Å²) in [6.45, 7) is 0. The SMILES string of the molecule is Nc1nc(Oc2ccc(F)cc2)nc2ccccc12. The van der Waals surface area contributed by atoms with Crippen LogP contribution in [0.25, 0.3) is 10.9 Å². The van der Waals surface area contributed by atoms with Gasteiger partial charge in [0.1, 0.15) is 17.4 Å². The number of aromatic nitrogens is 2. The van der Waals surface area contributed by atoms with Crippen molar-refractivity contribution in [3.63, 3.8) is 0 Å². The van der Waals surface area contributed by atoms with Crippen LogP contribution in [0, 0.1) is 5.82 Å². The zero-order chi connectivity index (χ0) is 13.2. The Labute approximate surface area is 108 Å². The molecule has 0 bridgehead atoms. The molecule has 0 saturated carbocycles. The van der Waals surface area contributed by atoms with Crippen molar-refractivity contribution in [2.24, 2.45) is 0 Å². The lowest BCUT2D eigenvalue weighted by Gasteiger charge is -2.06. The first-order valence-electron chi connectivity index (χ1n) is 5.68. The fraction of sp³-hybridized carbons (Fsp3) is 0. The molecule has 1 aromatic heterocycles. The van der Waals surface area contributed by atoms with Gasteiger partial charge in [-0.05, 0) is 36.4 Å². The van der Waals surface area contributed by atoms with E-state index in [1.807, 2.05) is 24.3 Å². The van der Waals surface area contributed by atoms with Crippen LogP contribution < -0.4 is 10.5 Å². The van der Waals surface area contributed by atoms with Crippen molar-refractivity contribution >= 4 is 16.7 Å². The van der Waals surface area contributed by atoms with Gasteiger partial charge in [-0.15, -0.1) is 0 Å². The first kappa shape index (κ1) is 11.4. The molecule has 0 unspecified atom stereocenters. The Morgan fingerprint density at radius 1 is 0.947 bits per heavy atom. The molecule has 0 aliphatic rings. The van der Waals surface area contributed by atoms with Crippen molar-refractivity contribution in [2.45, 2.75) is 0 Å². The van der Waals surface area contributed by atoms with E-state index in [4.69, 9.17) is 10.5 Å². The van der Waals surface area contributed by atoms with Gasteiger partial charge in [-0.3, -0.25) is 0 Å². The summed E-state index contributed by atoms with van der Waals surface area (Å²) in [6, 6.07) is 13.1. The lowest BCUT2D eigenvalue weighted by Crippen LogP contribution is -1.98. The van der Waals surface area contributed by atoms with E-state index in [9.17, 15) is 4.39 Å². The minimum atomic E-state index is -0.328. The number of para-hydroxylation sites is 1. The lowest BCUT2D eigenvalue weighted by molar-refractivity contribution is 0.444. The predicted molar refractivity (Wildman–Crippen MR) is 70.4 cm³/mol. The van der Waals surface area contributed by atoms with E-state index in [1.54, 1.807) is 0 Å². The molecule has 0 radical (unpaired) electrons. The van der Waals surface area contributed by atoms with Gasteiger partial charge in [0.25, 0.3) is 0 Å². The van der Waals surface area contributed by atoms with Gasteiger partial charge in [0.2, 0.25) is 0 Å². The average molecular weight is 255 g/mol. The minimum Gasteiger partial charge on any atom is -0.424 e. The van der Waals surface area contributed by atoms with E-state index in [1.165, 1.54) is 24.3 Å². The highest BCUT2D eigenvalue weighted by atomic mass is 19.1. The predicted octanol–water partition coefficient (Wildman–Crippen LogP) is 3.14. The quantitative estimate of drug-likeness (QED) is 0.764. The fourth-order valence-corrected chi connectivity index (χ4v) is 1.73. The summed E-state index contributed by atoms with van der Waals surface area (Å²) >= 11 is 0. The number of benzene rings is 2. The molecule has 19 heavy (non-hydrogen) atoms. The number of hydrogen-bond donors (Lipinski definition) is 1. The second-order valence-corrected chi connectivity index (χ2v) is 3.96. The summed E-state index contributed by atoms with van der Waals surface area (Å²) in [5.74, 6) is 0.477. The van der Waals surface area contributed by atoms with Crippen molar-refractivity contribution < 1.29 is 9.13 Å². The van der Waals surface area contributed by atoms with E-state index < -0.39 is 0 Å². The number of nitrogens with zero attached hydrogens (tertiary/aromatic N) is 2. The van der Waals surface area contributed by atoms with Gasteiger partial charge in [-0.25, -0.2) is 4.39 Å². The molecular weight excluding hydrogens is 245 g/mol. The number of anilines is 1. The van der Waals surface area contributed by atoms with Crippen molar-refractivity contribution in [3.8, 4) is 11.8 Å². The third kappa shape index (κ3) is 2.30. The molecule has 0 fully saturated rings. The molecule has 3 aromatic rings. The van der Waals surface area contributed by atoms with Gasteiger partial charge in [-0.1, -0.05) is 12.1 Å². The van der Waals surface area contributed by atoms with Crippen molar-refractivity contribution in [2.75, 3.05) is 5.73 Å². The van der Waals surface area contributed by atoms with E-state index in [0.29, 0.717) is 17.1 Å². The first-order chi connectivity index (χ1) is 9.22. The fourth-order valence-electron chi connectivity index (χ4n) is 1.73. The Bertz CT molecular complexity index is 728. The molecule has 0 spiro atoms. The van der Waals surface area contributed by atoms with Crippen molar-refractivity contribution in [1.82, 2.24) is 9.97 Å². The Hall–Kier alpha value is -2.69. The first-order valence-corrected chi connectivity index (χ1v) is 5.68. The largest absolute Gasteiger partial charge is 0.424 e. The van der Waals surface area contributed by atoms with Crippen LogP contribution in [0.15, 0.2) is 48.5 Å². The molecule has 0 amide bonds. The van der Waals surface area contributed by atoms with Gasteiger partial charge < -0.3 is 10.5 Å². The second-order valence-electron chi connectivity index (χ2n) is 3.96. The van der Waals surface area contributed by atoms with Crippen molar-refractivity contribution in [1.29, 1.82) is 0 Å². The molecule has 2 N–H and O–H groups in total. The normalized spacial score (nSPS) is 10.6. The van der Waals surface area contributed by atoms with Gasteiger partial charge in [0.05, 0.1) is 5.52 Å². The van der Waals surface area contributed by atoms with Gasteiger partial charge in [0.15, 0.2) is 0 Å². The highest BCUT2D eigenvalue weighted by Crippen LogP contribution is 2.23. The summed E-state index contributed by atoms with van der Waals surface area (Å²) in [6.07, 6.45) is 0. The Morgan fingerprint density at radius 3 is 2.47 bits per heavy atom. The molecule has 2 aromatic carbocycles. The van der Waals surface area contributed by atoms with E-state index in [0.717, 1.165) is 5.39 Å². The maximum Gasteiger partial charge on any atom is 0.324 e. The third-order valence-corrected chi connectivity index (χ3v) is 2.63. The zero-order valence-corrected chi connectivity index (χ0v) is 9.88. The highest BCUT2D eigenvalue weighted by Gasteiger charge is 2.06. The van der Waals surface area contributed by atoms with Gasteiger partial charge >= 0.3 is 6.01 Å². The number of ether oxygens (including phenoxy) is 1. The molecule has 5 heteroatoms. The van der Waals surface area contributed by atoms with Crippen LogP contribution in [0.4, 0.5) is 10.2 Å². The molecule has 4 nitrogen and oxygen atoms in total. The lowest BCUT2D eigenvalue weighted by atomic mass is 10.2. The average Bonchev–Trinajstić information content (AvgIpc) is 2.42. The number of nitrogens with two attached hydrogens (primary N) is 1. The number of nitrogen functional groups attached to an aromatic ring is 1. The molecule has 0 saturated heterocycles. The number of halogens is 1. The van der Waals surface area contributed by atoms with Crippen LogP contribution in [0.1, 0.15) is 0 Å². The summed E-state index contributed by atoms with van der Waals surface area (Å²) in [7, 11) is 0. The number of hydrogen-bond acceptors (Lipinski definition) is 4. The van der Waals surface area contributed by atoms with Gasteiger partial charge in [-0.2, -0.15) is 9.97 Å². The second kappa shape index (κ2) is 4.53. The monoisotopic (exact) mass is 255 g/mol. The van der Waals surface area contributed by atoms with Crippen LogP contribution in [0.2, 0.25) is 0 Å². The molecular formula is C14H10FN3O. The maximum atomic E-state index is 12.8. The summed E-state index contributed by atoms with van der Waals surface area (Å²) in [5, 5.41) is 0.772. The number of rotatable bonds is 2. The van der Waals surface area contributed by atoms with Crippen LogP contribution >= 0.6 is 0 Å². The maximum absolute atomic E-state index is 12.8. The molecule has 1 heterocycles. The topological polar surface area (TPSA) is 61.0 Å². The van der Waals surface area contributed by atoms with Crippen LogP contribution in [-0.2, 0) is 0 Å². The third-order valence-electron chi connectivity index (χ3n) is 2.63.